The van der Waals surface area contributed by atoms with Crippen LogP contribution in [0.4, 0.5) is 5.82 Å². The number of nitrogens with two attached hydrogens (primary N) is 1. The van der Waals surface area contributed by atoms with E-state index in [4.69, 9.17) is 29.0 Å². The summed E-state index contributed by atoms with van der Waals surface area (Å²) < 4.78 is 56.6. The standard InChI is InChI=1S/C48H79N3O16P2/c1-3-5-7-9-11-12-13-14-15-16-17-18-20-24-29-33-44(54)65-40(36-62-43(53)32-28-25-21-23-27-31-39(52)30-26-22-19-10-8-6-4-2)37-63-68(58,59)67-69(60,61)64-38-41-45(55)46(56)47(66-41)51-35-34-42(49)50-48(51)57/h6,8,12-15,19,22,26,30,34-35,39-41,45-47,52,55-56H,3-5,7,9-11,16-18,20-21,23-25,27-29,31-33,36-38H2,1-2H3,(H,58,59)(H,60,61)(H2,49,50,57)/b8-6+,13-12-,15-14-,22-19+,30-26+/t39?,40-,41-,45-,46-,47-/m1/s1. The molecule has 2 heterocycles. The molecule has 1 aromatic heterocycles. The minimum Gasteiger partial charge on any atom is -0.462 e. The molecule has 1 aliphatic heterocycles. The highest BCUT2D eigenvalue weighted by molar-refractivity contribution is 7.61. The Balaban J connectivity index is 1.85. The van der Waals surface area contributed by atoms with Gasteiger partial charge in [0.05, 0.1) is 19.3 Å². The number of phosphoric ester groups is 2. The molecular weight excluding hydrogens is 936 g/mol. The fourth-order valence-electron chi connectivity index (χ4n) is 6.90. The van der Waals surface area contributed by atoms with E-state index in [9.17, 15) is 48.6 Å². The summed E-state index contributed by atoms with van der Waals surface area (Å²) in [5.41, 5.74) is 4.57. The number of ether oxygens (including phenoxy) is 3. The van der Waals surface area contributed by atoms with Gasteiger partial charge in [0, 0.05) is 19.0 Å². The predicted molar refractivity (Wildman–Crippen MR) is 262 cm³/mol. The van der Waals surface area contributed by atoms with E-state index in [1.165, 1.54) is 31.7 Å². The Morgan fingerprint density at radius 1 is 0.783 bits per heavy atom. The van der Waals surface area contributed by atoms with E-state index in [-0.39, 0.29) is 18.7 Å². The lowest BCUT2D eigenvalue weighted by Crippen LogP contribution is -2.36. The van der Waals surface area contributed by atoms with Crippen molar-refractivity contribution < 1.29 is 71.4 Å². The molecule has 8 atom stereocenters. The monoisotopic (exact) mass is 1020 g/mol. The molecule has 0 amide bonds. The minimum absolute atomic E-state index is 0.00971. The fraction of sp³-hybridized carbons (Fsp3) is 0.667. The minimum atomic E-state index is -5.45. The third kappa shape index (κ3) is 29.4. The lowest BCUT2D eigenvalue weighted by atomic mass is 10.1. The van der Waals surface area contributed by atoms with Gasteiger partial charge in [-0.15, -0.1) is 0 Å². The topological polar surface area (TPSA) is 286 Å². The van der Waals surface area contributed by atoms with E-state index in [0.717, 1.165) is 87.8 Å². The van der Waals surface area contributed by atoms with Gasteiger partial charge in [0.2, 0.25) is 0 Å². The fourth-order valence-corrected chi connectivity index (χ4v) is 9.01. The highest BCUT2D eigenvalue weighted by Gasteiger charge is 2.46. The van der Waals surface area contributed by atoms with Crippen molar-refractivity contribution in [3.8, 4) is 0 Å². The molecule has 21 heteroatoms. The highest BCUT2D eigenvalue weighted by Crippen LogP contribution is 2.60. The maximum atomic E-state index is 12.8. The van der Waals surface area contributed by atoms with Crippen molar-refractivity contribution in [3.63, 3.8) is 0 Å². The SMILES string of the molecule is CC/C=C/C/C=C/C=C/C(O)CCCCCCCC(=O)OC[C@H](COP(=O)(O)OP(=O)(O)OC[C@H]1O[C@@H](n2ccc(N)nc2=O)[C@H](O)[C@@H]1O)OC(=O)CCCCCCC/C=C\C=C/CCCCCC. The first-order valence-electron chi connectivity index (χ1n) is 24.4. The molecule has 1 saturated heterocycles. The molecule has 3 unspecified atom stereocenters. The molecule has 0 aliphatic carbocycles. The number of esters is 2. The number of unbranched alkanes of at least 4 members (excludes halogenated alkanes) is 13. The quantitative estimate of drug-likeness (QED) is 0.0118. The molecule has 19 nitrogen and oxygen atoms in total. The van der Waals surface area contributed by atoms with Crippen molar-refractivity contribution in [2.75, 3.05) is 25.6 Å². The first-order valence-corrected chi connectivity index (χ1v) is 27.4. The second kappa shape index (κ2) is 36.4. The van der Waals surface area contributed by atoms with Gasteiger partial charge in [-0.25, -0.2) is 13.9 Å². The van der Waals surface area contributed by atoms with Crippen LogP contribution < -0.4 is 11.4 Å². The number of hydrogen-bond acceptors (Lipinski definition) is 16. The second-order valence-electron chi connectivity index (χ2n) is 16.8. The summed E-state index contributed by atoms with van der Waals surface area (Å²) in [5, 5.41) is 31.1. The zero-order valence-corrected chi connectivity index (χ0v) is 42.2. The Morgan fingerprint density at radius 3 is 2.06 bits per heavy atom. The molecule has 1 aromatic rings. The molecule has 0 aromatic carbocycles. The summed E-state index contributed by atoms with van der Waals surface area (Å²) in [5.74, 6) is -1.40. The summed E-state index contributed by atoms with van der Waals surface area (Å²) in [6.45, 7) is 1.88. The Kier molecular flexibility index (Phi) is 32.4. The number of aliphatic hydroxyl groups excluding tert-OH is 3. The van der Waals surface area contributed by atoms with E-state index in [1.807, 2.05) is 18.2 Å². The molecule has 7 N–H and O–H groups in total. The molecule has 2 rings (SSSR count). The average Bonchev–Trinajstić information content (AvgIpc) is 3.58. The number of hydrogen-bond donors (Lipinski definition) is 6. The Hall–Kier alpha value is -3.58. The van der Waals surface area contributed by atoms with Crippen LogP contribution in [0.25, 0.3) is 0 Å². The van der Waals surface area contributed by atoms with Crippen LogP contribution in [0.5, 0.6) is 0 Å². The predicted octanol–water partition coefficient (Wildman–Crippen LogP) is 8.52. The number of carbonyl (C=O) groups is 2. The Morgan fingerprint density at radius 2 is 1.39 bits per heavy atom. The number of allylic oxidation sites excluding steroid dienone is 9. The van der Waals surface area contributed by atoms with Gasteiger partial charge in [0.1, 0.15) is 30.7 Å². The number of rotatable bonds is 39. The maximum absolute atomic E-state index is 12.8. The van der Waals surface area contributed by atoms with Crippen molar-refractivity contribution in [2.45, 2.75) is 185 Å². The summed E-state index contributed by atoms with van der Waals surface area (Å²) in [6, 6.07) is 1.24. The van der Waals surface area contributed by atoms with Crippen LogP contribution in [0.2, 0.25) is 0 Å². The van der Waals surface area contributed by atoms with Crippen LogP contribution in [0.1, 0.15) is 155 Å². The van der Waals surface area contributed by atoms with Gasteiger partial charge >= 0.3 is 33.3 Å². The molecule has 0 spiro atoms. The van der Waals surface area contributed by atoms with Gasteiger partial charge in [-0.1, -0.05) is 139 Å². The zero-order valence-electron chi connectivity index (χ0n) is 40.5. The van der Waals surface area contributed by atoms with Gasteiger partial charge in [-0.2, -0.15) is 9.29 Å². The van der Waals surface area contributed by atoms with E-state index in [0.29, 0.717) is 19.3 Å². The van der Waals surface area contributed by atoms with Gasteiger partial charge in [-0.3, -0.25) is 23.2 Å². The molecule has 1 fully saturated rings. The van der Waals surface area contributed by atoms with Gasteiger partial charge < -0.3 is 45.1 Å². The molecular formula is C48H79N3O16P2. The van der Waals surface area contributed by atoms with Crippen molar-refractivity contribution in [3.05, 3.63) is 83.5 Å². The molecule has 392 valence electrons. The molecule has 69 heavy (non-hydrogen) atoms. The van der Waals surface area contributed by atoms with Gasteiger partial charge in [-0.05, 0) is 63.9 Å². The lowest BCUT2D eigenvalue weighted by Gasteiger charge is -2.21. The normalized spacial score (nSPS) is 20.3. The Bertz CT molecular complexity index is 1910. The maximum Gasteiger partial charge on any atom is 0.481 e. The summed E-state index contributed by atoms with van der Waals surface area (Å²) in [6.07, 6.45) is 30.4. The Labute approximate surface area is 407 Å². The van der Waals surface area contributed by atoms with Crippen LogP contribution in [0.15, 0.2) is 77.8 Å². The van der Waals surface area contributed by atoms with E-state index >= 15 is 0 Å². The van der Waals surface area contributed by atoms with E-state index in [1.54, 1.807) is 6.08 Å². The summed E-state index contributed by atoms with van der Waals surface area (Å²) in [7, 11) is -10.9. The first kappa shape index (κ1) is 61.5. The van der Waals surface area contributed by atoms with E-state index in [2.05, 4.69) is 59.6 Å². The van der Waals surface area contributed by atoms with Crippen molar-refractivity contribution in [1.82, 2.24) is 9.55 Å². The molecule has 0 saturated carbocycles. The number of aromatic nitrogens is 2. The van der Waals surface area contributed by atoms with Crippen LogP contribution in [-0.4, -0.2) is 96.9 Å². The van der Waals surface area contributed by atoms with Crippen molar-refractivity contribution in [1.29, 1.82) is 0 Å². The van der Waals surface area contributed by atoms with Gasteiger partial charge in [0.25, 0.3) is 0 Å². The number of aliphatic hydroxyl groups is 3. The number of phosphoric acid groups is 2. The number of nitrogen functional groups attached to an aromatic ring is 1. The van der Waals surface area contributed by atoms with Crippen molar-refractivity contribution >= 4 is 33.4 Å². The lowest BCUT2D eigenvalue weighted by molar-refractivity contribution is -0.161. The number of anilines is 1. The van der Waals surface area contributed by atoms with Gasteiger partial charge in [0.15, 0.2) is 12.3 Å². The average molecular weight is 1020 g/mol. The number of nitrogens with zero attached hydrogens (tertiary/aromatic N) is 2. The first-order chi connectivity index (χ1) is 33.1. The number of carbonyl (C=O) groups excluding carboxylic acids is 2. The van der Waals surface area contributed by atoms with Crippen LogP contribution >= 0.6 is 15.6 Å². The summed E-state index contributed by atoms with van der Waals surface area (Å²) in [4.78, 5) is 61.8. The second-order valence-corrected chi connectivity index (χ2v) is 19.9. The zero-order chi connectivity index (χ0) is 50.8. The summed E-state index contributed by atoms with van der Waals surface area (Å²) >= 11 is 0. The van der Waals surface area contributed by atoms with E-state index < -0.39 is 89.8 Å². The van der Waals surface area contributed by atoms with Crippen LogP contribution in [-0.2, 0) is 46.3 Å². The molecule has 1 aliphatic rings. The smallest absolute Gasteiger partial charge is 0.462 e. The third-order valence-electron chi connectivity index (χ3n) is 10.7. The van der Waals surface area contributed by atoms with Crippen LogP contribution in [0, 0.1) is 0 Å². The highest BCUT2D eigenvalue weighted by atomic mass is 31.3. The largest absolute Gasteiger partial charge is 0.481 e. The molecule has 0 bridgehead atoms. The van der Waals surface area contributed by atoms with Crippen LogP contribution in [0.3, 0.4) is 0 Å². The van der Waals surface area contributed by atoms with Crippen molar-refractivity contribution in [2.24, 2.45) is 0 Å². The third-order valence-corrected chi connectivity index (χ3v) is 13.3. The molecule has 0 radical (unpaired) electrons.